The van der Waals surface area contributed by atoms with E-state index in [9.17, 15) is 0 Å². The van der Waals surface area contributed by atoms with Crippen molar-refractivity contribution >= 4 is 5.69 Å². The van der Waals surface area contributed by atoms with E-state index >= 15 is 0 Å². The molecule has 3 heteroatoms. The van der Waals surface area contributed by atoms with E-state index in [2.05, 4.69) is 47.6 Å². The first kappa shape index (κ1) is 14.0. The van der Waals surface area contributed by atoms with Crippen molar-refractivity contribution in [3.05, 3.63) is 59.2 Å². The molecule has 3 nitrogen and oxygen atoms in total. The minimum absolute atomic E-state index is 0.883. The van der Waals surface area contributed by atoms with E-state index in [0.29, 0.717) is 0 Å². The van der Waals surface area contributed by atoms with Gasteiger partial charge in [-0.05, 0) is 36.7 Å². The smallest absolute Gasteiger partial charge is 0.123 e. The Morgan fingerprint density at radius 2 is 2.00 bits per heavy atom. The molecule has 3 rings (SSSR count). The van der Waals surface area contributed by atoms with Crippen molar-refractivity contribution in [2.75, 3.05) is 26.0 Å². The van der Waals surface area contributed by atoms with E-state index in [-0.39, 0.29) is 0 Å². The summed E-state index contributed by atoms with van der Waals surface area (Å²) in [6.07, 6.45) is 1.15. The molecule has 0 bridgehead atoms. The zero-order valence-corrected chi connectivity index (χ0v) is 12.7. The molecule has 1 N–H and O–H groups in total. The van der Waals surface area contributed by atoms with Gasteiger partial charge < -0.3 is 10.1 Å². The van der Waals surface area contributed by atoms with E-state index in [1.807, 2.05) is 12.1 Å². The molecule has 110 valence electrons. The summed E-state index contributed by atoms with van der Waals surface area (Å²) < 4.78 is 5.42. The second kappa shape index (κ2) is 6.19. The summed E-state index contributed by atoms with van der Waals surface area (Å²) in [6, 6.07) is 15.0. The molecule has 0 saturated heterocycles. The molecule has 0 amide bonds. The van der Waals surface area contributed by atoms with Crippen LogP contribution in [-0.2, 0) is 19.5 Å². The molecule has 0 unspecified atom stereocenters. The first-order valence-electron chi connectivity index (χ1n) is 7.42. The lowest BCUT2D eigenvalue weighted by Crippen LogP contribution is -2.17. The fourth-order valence-corrected chi connectivity index (χ4v) is 2.93. The molecule has 0 atom stereocenters. The molecule has 21 heavy (non-hydrogen) atoms. The minimum atomic E-state index is 0.883. The first-order valence-corrected chi connectivity index (χ1v) is 7.42. The van der Waals surface area contributed by atoms with Gasteiger partial charge in [-0.3, -0.25) is 4.90 Å². The van der Waals surface area contributed by atoms with E-state index in [4.69, 9.17) is 4.74 Å². The molecule has 2 aromatic rings. The van der Waals surface area contributed by atoms with E-state index in [0.717, 1.165) is 31.8 Å². The third-order valence-corrected chi connectivity index (χ3v) is 3.97. The van der Waals surface area contributed by atoms with Gasteiger partial charge in [-0.2, -0.15) is 0 Å². The fraction of sp³-hybridized carbons (Fsp3) is 0.333. The number of methoxy groups -OCH3 is 1. The molecule has 0 saturated carbocycles. The summed E-state index contributed by atoms with van der Waals surface area (Å²) in [7, 11) is 3.87. The number of nitrogens with one attached hydrogen (secondary N) is 1. The van der Waals surface area contributed by atoms with E-state index in [1.54, 1.807) is 7.11 Å². The number of hydrogen-bond acceptors (Lipinski definition) is 3. The lowest BCUT2D eigenvalue weighted by atomic mass is 10.1. The predicted octanol–water partition coefficient (Wildman–Crippen LogP) is 3.30. The molecule has 1 aliphatic rings. The third-order valence-electron chi connectivity index (χ3n) is 3.97. The van der Waals surface area contributed by atoms with Crippen LogP contribution >= 0.6 is 0 Å². The summed E-state index contributed by atoms with van der Waals surface area (Å²) in [5, 5.41) is 3.44. The molecular formula is C18H22N2O. The number of ether oxygens (including phenoxy) is 1. The van der Waals surface area contributed by atoms with Gasteiger partial charge in [0.15, 0.2) is 0 Å². The molecule has 2 aromatic carbocycles. The zero-order valence-electron chi connectivity index (χ0n) is 12.7. The Kier molecular flexibility index (Phi) is 4.11. The van der Waals surface area contributed by atoms with Crippen LogP contribution in [0.1, 0.15) is 16.7 Å². The van der Waals surface area contributed by atoms with Crippen LogP contribution in [0.2, 0.25) is 0 Å². The normalized spacial score (nSPS) is 13.1. The Labute approximate surface area is 126 Å². The van der Waals surface area contributed by atoms with Crippen LogP contribution in [0.25, 0.3) is 0 Å². The number of hydrogen-bond donors (Lipinski definition) is 1. The molecule has 0 spiro atoms. The highest BCUT2D eigenvalue weighted by Gasteiger charge is 2.11. The second-order valence-electron chi connectivity index (χ2n) is 5.65. The maximum atomic E-state index is 5.42. The van der Waals surface area contributed by atoms with E-state index in [1.165, 1.54) is 22.4 Å². The number of nitrogens with zero attached hydrogens (tertiary/aromatic N) is 1. The van der Waals surface area contributed by atoms with Gasteiger partial charge in [-0.25, -0.2) is 0 Å². The van der Waals surface area contributed by atoms with Gasteiger partial charge in [0.2, 0.25) is 0 Å². The SMILES string of the molecule is COc1ccccc1CN(C)Cc1ccc2c(c1)NCC2. The number of para-hydroxylation sites is 1. The largest absolute Gasteiger partial charge is 0.496 e. The summed E-state index contributed by atoms with van der Waals surface area (Å²) in [4.78, 5) is 2.31. The van der Waals surface area contributed by atoms with Gasteiger partial charge in [0.25, 0.3) is 0 Å². The third kappa shape index (κ3) is 3.19. The molecule has 1 heterocycles. The highest BCUT2D eigenvalue weighted by Crippen LogP contribution is 2.24. The number of anilines is 1. The average molecular weight is 282 g/mol. The molecule has 0 fully saturated rings. The highest BCUT2D eigenvalue weighted by atomic mass is 16.5. The lowest BCUT2D eigenvalue weighted by molar-refractivity contribution is 0.310. The Morgan fingerprint density at radius 1 is 1.14 bits per heavy atom. The number of fused-ring (bicyclic) bond motifs is 1. The van der Waals surface area contributed by atoms with Crippen molar-refractivity contribution in [1.82, 2.24) is 4.90 Å². The molecule has 0 aliphatic carbocycles. The fourth-order valence-electron chi connectivity index (χ4n) is 2.93. The second-order valence-corrected chi connectivity index (χ2v) is 5.65. The van der Waals surface area contributed by atoms with Crippen molar-refractivity contribution < 1.29 is 4.74 Å². The van der Waals surface area contributed by atoms with Crippen LogP contribution in [0, 0.1) is 0 Å². The van der Waals surface area contributed by atoms with E-state index < -0.39 is 0 Å². The average Bonchev–Trinajstić information content (AvgIpc) is 2.95. The van der Waals surface area contributed by atoms with Crippen molar-refractivity contribution in [3.8, 4) is 5.75 Å². The Bertz CT molecular complexity index is 624. The molecular weight excluding hydrogens is 260 g/mol. The summed E-state index contributed by atoms with van der Waals surface area (Å²) >= 11 is 0. The topological polar surface area (TPSA) is 24.5 Å². The monoisotopic (exact) mass is 282 g/mol. The first-order chi connectivity index (χ1) is 10.3. The van der Waals surface area contributed by atoms with Crippen molar-refractivity contribution in [3.63, 3.8) is 0 Å². The Balaban J connectivity index is 1.67. The maximum Gasteiger partial charge on any atom is 0.123 e. The van der Waals surface area contributed by atoms with Crippen LogP contribution in [0.4, 0.5) is 5.69 Å². The van der Waals surface area contributed by atoms with Gasteiger partial charge in [0, 0.05) is 30.9 Å². The Hall–Kier alpha value is -2.00. The van der Waals surface area contributed by atoms with Gasteiger partial charge in [-0.1, -0.05) is 30.3 Å². The molecule has 0 aromatic heterocycles. The van der Waals surface area contributed by atoms with Gasteiger partial charge in [0.05, 0.1) is 7.11 Å². The standard InChI is InChI=1S/C18H22N2O/c1-20(13-16-5-3-4-6-18(16)21-2)12-14-7-8-15-9-10-19-17(15)11-14/h3-8,11,19H,9-10,12-13H2,1-2H3. The van der Waals surface area contributed by atoms with Crippen LogP contribution in [0.3, 0.4) is 0 Å². The van der Waals surface area contributed by atoms with Crippen molar-refractivity contribution in [2.45, 2.75) is 19.5 Å². The molecule has 0 radical (unpaired) electrons. The van der Waals surface area contributed by atoms with Crippen LogP contribution in [0.5, 0.6) is 5.75 Å². The van der Waals surface area contributed by atoms with Crippen LogP contribution < -0.4 is 10.1 Å². The van der Waals surface area contributed by atoms with Gasteiger partial charge >= 0.3 is 0 Å². The Morgan fingerprint density at radius 3 is 2.86 bits per heavy atom. The number of benzene rings is 2. The summed E-state index contributed by atoms with van der Waals surface area (Å²) in [5.41, 5.74) is 5.31. The lowest BCUT2D eigenvalue weighted by Gasteiger charge is -2.19. The van der Waals surface area contributed by atoms with Crippen molar-refractivity contribution in [1.29, 1.82) is 0 Å². The zero-order chi connectivity index (χ0) is 14.7. The summed E-state index contributed by atoms with van der Waals surface area (Å²) in [5.74, 6) is 0.958. The minimum Gasteiger partial charge on any atom is -0.496 e. The van der Waals surface area contributed by atoms with Crippen molar-refractivity contribution in [2.24, 2.45) is 0 Å². The number of rotatable bonds is 5. The maximum absolute atomic E-state index is 5.42. The van der Waals surface area contributed by atoms with Gasteiger partial charge in [-0.15, -0.1) is 0 Å². The molecule has 1 aliphatic heterocycles. The van der Waals surface area contributed by atoms with Crippen LogP contribution in [0.15, 0.2) is 42.5 Å². The van der Waals surface area contributed by atoms with Gasteiger partial charge in [0.1, 0.15) is 5.75 Å². The highest BCUT2D eigenvalue weighted by molar-refractivity contribution is 5.57. The quantitative estimate of drug-likeness (QED) is 0.910. The predicted molar refractivity (Wildman–Crippen MR) is 86.8 cm³/mol. The van der Waals surface area contributed by atoms with Crippen LogP contribution in [-0.4, -0.2) is 25.6 Å². The summed E-state index contributed by atoms with van der Waals surface area (Å²) in [6.45, 7) is 2.89.